The van der Waals surface area contributed by atoms with Gasteiger partial charge in [-0.25, -0.2) is 9.48 Å². The molecule has 2 aromatic rings. The molecule has 2 saturated heterocycles. The van der Waals surface area contributed by atoms with Gasteiger partial charge in [0.25, 0.3) is 5.91 Å². The van der Waals surface area contributed by atoms with Gasteiger partial charge in [-0.05, 0) is 43.0 Å². The third-order valence-corrected chi connectivity index (χ3v) is 5.71. The fourth-order valence-electron chi connectivity index (χ4n) is 4.04. The highest BCUT2D eigenvalue weighted by atomic mass is 16.2. The average molecular weight is 397 g/mol. The molecule has 2 fully saturated rings. The number of carbonyl (C=O) groups excluding carboxylic acids is 3. The molecule has 2 unspecified atom stereocenters. The van der Waals surface area contributed by atoms with E-state index in [2.05, 4.69) is 15.3 Å². The summed E-state index contributed by atoms with van der Waals surface area (Å²) in [6.07, 6.45) is 3.03. The Kier molecular flexibility index (Phi) is 5.04. The first kappa shape index (κ1) is 19.1. The Balaban J connectivity index is 1.56. The highest BCUT2D eigenvalue weighted by Crippen LogP contribution is 2.27. The summed E-state index contributed by atoms with van der Waals surface area (Å²) in [6.45, 7) is 1.78. The van der Waals surface area contributed by atoms with Gasteiger partial charge in [-0.3, -0.25) is 19.5 Å². The summed E-state index contributed by atoms with van der Waals surface area (Å²) >= 11 is 0. The fourth-order valence-corrected chi connectivity index (χ4v) is 4.04. The van der Waals surface area contributed by atoms with Crippen LogP contribution in [-0.4, -0.2) is 45.5 Å². The van der Waals surface area contributed by atoms with E-state index in [1.807, 2.05) is 24.3 Å². The molecule has 1 aromatic heterocycles. The molecule has 152 valence electrons. The van der Waals surface area contributed by atoms with Gasteiger partial charge in [0.15, 0.2) is 5.82 Å². The number of amides is 2. The molecule has 2 aliphatic heterocycles. The van der Waals surface area contributed by atoms with Crippen LogP contribution in [0, 0.1) is 5.92 Å². The van der Waals surface area contributed by atoms with Gasteiger partial charge in [-0.15, -0.1) is 5.10 Å². The quantitative estimate of drug-likeness (QED) is 0.586. The molecule has 9 heteroatoms. The minimum atomic E-state index is -0.779. The third kappa shape index (κ3) is 3.59. The lowest BCUT2D eigenvalue weighted by molar-refractivity contribution is -0.136. The monoisotopic (exact) mass is 397 g/mol. The largest absolute Gasteiger partial charge is 0.371 e. The number of carbonyl (C=O) groups is 3. The van der Waals surface area contributed by atoms with E-state index in [0.29, 0.717) is 18.2 Å². The molecule has 0 saturated carbocycles. The zero-order chi connectivity index (χ0) is 20.5. The number of anilines is 1. The number of piperidine rings is 1. The average Bonchev–Trinajstić information content (AvgIpc) is 3.28. The van der Waals surface area contributed by atoms with E-state index in [1.165, 1.54) is 4.57 Å². The lowest BCUT2D eigenvalue weighted by Gasteiger charge is -2.19. The smallest absolute Gasteiger partial charge is 0.346 e. The van der Waals surface area contributed by atoms with Crippen LogP contribution in [0.5, 0.6) is 0 Å². The van der Waals surface area contributed by atoms with Gasteiger partial charge in [0.05, 0.1) is 0 Å². The predicted molar refractivity (Wildman–Crippen MR) is 105 cm³/mol. The van der Waals surface area contributed by atoms with Gasteiger partial charge in [-0.1, -0.05) is 0 Å². The molecule has 2 amide bonds. The van der Waals surface area contributed by atoms with Crippen LogP contribution in [0.25, 0.3) is 11.4 Å². The maximum absolute atomic E-state index is 12.6. The number of hydrogen-bond acceptors (Lipinski definition) is 6. The molecule has 1 aromatic carbocycles. The molecule has 0 bridgehead atoms. The van der Waals surface area contributed by atoms with Gasteiger partial charge in [-0.2, -0.15) is 0 Å². The van der Waals surface area contributed by atoms with Crippen LogP contribution in [0.4, 0.5) is 5.69 Å². The van der Waals surface area contributed by atoms with Crippen LogP contribution in [0.2, 0.25) is 0 Å². The zero-order valence-corrected chi connectivity index (χ0v) is 16.2. The summed E-state index contributed by atoms with van der Waals surface area (Å²) in [7, 11) is 1.62. The molecule has 0 aliphatic carbocycles. The Labute approximate surface area is 167 Å². The Morgan fingerprint density at radius 1 is 1.17 bits per heavy atom. The molecule has 1 N–H and O–H groups in total. The van der Waals surface area contributed by atoms with Crippen molar-refractivity contribution in [2.75, 3.05) is 18.0 Å². The topological polar surface area (TPSA) is 106 Å². The first-order chi connectivity index (χ1) is 14.0. The zero-order valence-electron chi connectivity index (χ0n) is 16.2. The molecule has 29 heavy (non-hydrogen) atoms. The summed E-state index contributed by atoms with van der Waals surface area (Å²) in [5.74, 6) is 0.0364. The molecule has 9 nitrogen and oxygen atoms in total. The van der Waals surface area contributed by atoms with Crippen molar-refractivity contribution >= 4 is 23.8 Å². The lowest BCUT2D eigenvalue weighted by atomic mass is 10.1. The molecule has 4 rings (SSSR count). The Morgan fingerprint density at radius 3 is 2.62 bits per heavy atom. The van der Waals surface area contributed by atoms with Crippen LogP contribution in [0.3, 0.4) is 0 Å². The van der Waals surface area contributed by atoms with Gasteiger partial charge in [0, 0.05) is 44.2 Å². The van der Waals surface area contributed by atoms with Gasteiger partial charge < -0.3 is 9.69 Å². The van der Waals surface area contributed by atoms with Crippen molar-refractivity contribution in [2.24, 2.45) is 13.0 Å². The van der Waals surface area contributed by atoms with Crippen LogP contribution in [0.1, 0.15) is 31.7 Å². The number of nitrogens with one attached hydrogen (secondary N) is 1. The molecule has 0 radical (unpaired) electrons. The summed E-state index contributed by atoms with van der Waals surface area (Å²) in [5.41, 5.74) is 1.44. The SMILES string of the molecule is Cn1c(-c2ccc(N3CCC(CC=O)C3)cc2)nn(C2CCC(=O)NC2=O)c1=O. The van der Waals surface area contributed by atoms with Gasteiger partial charge in [0.1, 0.15) is 12.3 Å². The number of aldehydes is 1. The van der Waals surface area contributed by atoms with E-state index in [1.54, 1.807) is 7.05 Å². The van der Waals surface area contributed by atoms with E-state index in [9.17, 15) is 19.2 Å². The van der Waals surface area contributed by atoms with Gasteiger partial charge >= 0.3 is 5.69 Å². The first-order valence-electron chi connectivity index (χ1n) is 9.76. The second-order valence-corrected chi connectivity index (χ2v) is 7.63. The van der Waals surface area contributed by atoms with Crippen molar-refractivity contribution in [3.05, 3.63) is 34.7 Å². The third-order valence-electron chi connectivity index (χ3n) is 5.71. The second-order valence-electron chi connectivity index (χ2n) is 7.63. The van der Waals surface area contributed by atoms with Crippen molar-refractivity contribution in [1.29, 1.82) is 0 Å². The van der Waals surface area contributed by atoms with Crippen molar-refractivity contribution in [3.8, 4) is 11.4 Å². The van der Waals surface area contributed by atoms with Gasteiger partial charge in [0.2, 0.25) is 5.91 Å². The number of nitrogens with zero attached hydrogens (tertiary/aromatic N) is 4. The van der Waals surface area contributed by atoms with Crippen molar-refractivity contribution in [3.63, 3.8) is 0 Å². The minimum absolute atomic E-state index is 0.185. The predicted octanol–water partition coefficient (Wildman–Crippen LogP) is 0.642. The van der Waals surface area contributed by atoms with E-state index in [-0.39, 0.29) is 18.7 Å². The molecule has 3 heterocycles. The second kappa shape index (κ2) is 7.65. The summed E-state index contributed by atoms with van der Waals surface area (Å²) in [5, 5.41) is 6.65. The van der Waals surface area contributed by atoms with Crippen LogP contribution in [0.15, 0.2) is 29.1 Å². The summed E-state index contributed by atoms with van der Waals surface area (Å²) in [4.78, 5) is 49.1. The molecule has 0 spiro atoms. The highest BCUT2D eigenvalue weighted by Gasteiger charge is 2.31. The first-order valence-corrected chi connectivity index (χ1v) is 9.76. The number of rotatable bonds is 5. The maximum Gasteiger partial charge on any atom is 0.346 e. The van der Waals surface area contributed by atoms with E-state index in [4.69, 9.17) is 0 Å². The number of aromatic nitrogens is 3. The Hall–Kier alpha value is -3.23. The molecule has 2 atom stereocenters. The van der Waals surface area contributed by atoms with E-state index in [0.717, 1.165) is 41.7 Å². The van der Waals surface area contributed by atoms with E-state index >= 15 is 0 Å². The molecular weight excluding hydrogens is 374 g/mol. The number of benzene rings is 1. The summed E-state index contributed by atoms with van der Waals surface area (Å²) < 4.78 is 2.57. The molecule has 2 aliphatic rings. The Morgan fingerprint density at radius 2 is 1.93 bits per heavy atom. The number of imide groups is 1. The summed E-state index contributed by atoms with van der Waals surface area (Å²) in [6, 6.07) is 6.99. The number of hydrogen-bond donors (Lipinski definition) is 1. The van der Waals surface area contributed by atoms with Crippen molar-refractivity contribution < 1.29 is 14.4 Å². The highest BCUT2D eigenvalue weighted by molar-refractivity contribution is 5.99. The van der Waals surface area contributed by atoms with Crippen molar-refractivity contribution in [2.45, 2.75) is 31.7 Å². The van der Waals surface area contributed by atoms with Crippen molar-refractivity contribution in [1.82, 2.24) is 19.7 Å². The minimum Gasteiger partial charge on any atom is -0.371 e. The standard InChI is InChI=1S/C20H23N5O4/c1-23-18(22-25(20(23)29)16-6-7-17(27)21-19(16)28)14-2-4-15(5-3-14)24-10-8-13(12-24)9-11-26/h2-5,11,13,16H,6-10,12H2,1H3,(H,21,27,28). The normalized spacial score (nSPS) is 22.0. The van der Waals surface area contributed by atoms with Crippen LogP contribution < -0.4 is 15.9 Å². The maximum atomic E-state index is 12.6. The van der Waals surface area contributed by atoms with Crippen LogP contribution in [-0.2, 0) is 21.4 Å². The molecular formula is C20H23N5O4. The fraction of sp³-hybridized carbons (Fsp3) is 0.450. The van der Waals surface area contributed by atoms with E-state index < -0.39 is 17.6 Å². The van der Waals surface area contributed by atoms with Crippen LogP contribution >= 0.6 is 0 Å². The Bertz CT molecular complexity index is 1010. The lowest BCUT2D eigenvalue weighted by Crippen LogP contribution is -2.44.